The molecule has 0 saturated carbocycles. The molecular weight excluding hydrogens is 142 g/mol. The van der Waals surface area contributed by atoms with Gasteiger partial charge in [0, 0.05) is 0 Å². The Balaban J connectivity index is 4.46. The molecule has 0 heterocycles. The third-order valence-electron chi connectivity index (χ3n) is 1.22. The van der Waals surface area contributed by atoms with E-state index in [-0.39, 0.29) is 0 Å². The van der Waals surface area contributed by atoms with E-state index >= 15 is 0 Å². The van der Waals surface area contributed by atoms with Gasteiger partial charge in [0.15, 0.2) is 12.0 Å². The topological polar surface area (TPSA) is 38.7 Å². The molecule has 0 spiro atoms. The maximum Gasteiger partial charge on any atom is 0.186 e. The van der Waals surface area contributed by atoms with Crippen LogP contribution in [-0.2, 0) is 9.53 Å². The molecular formula is C8H13NO2. The molecule has 0 radical (unpaired) electrons. The van der Waals surface area contributed by atoms with Gasteiger partial charge in [-0.15, -0.1) is 0 Å². The lowest BCUT2D eigenvalue weighted by atomic mass is 10.3. The van der Waals surface area contributed by atoms with Gasteiger partial charge in [0.25, 0.3) is 0 Å². The van der Waals surface area contributed by atoms with Crippen LogP contribution in [0.3, 0.4) is 0 Å². The molecule has 0 aromatic heterocycles. The lowest BCUT2D eigenvalue weighted by Gasteiger charge is -2.03. The summed E-state index contributed by atoms with van der Waals surface area (Å²) in [4.78, 5) is 14.1. The van der Waals surface area contributed by atoms with Crippen LogP contribution in [0.4, 0.5) is 0 Å². The van der Waals surface area contributed by atoms with Gasteiger partial charge in [-0.1, -0.05) is 6.92 Å². The highest BCUT2D eigenvalue weighted by Gasteiger charge is 2.01. The maximum atomic E-state index is 10.4. The standard InChI is InChI=1S/C8H13NO2/c1-4-7(9-3)8(6-10)11-5-2/h6H,3-5H2,1-2H3/b8-7-. The molecule has 3 heteroatoms. The first-order valence-corrected chi connectivity index (χ1v) is 3.57. The minimum atomic E-state index is 0.296. The summed E-state index contributed by atoms with van der Waals surface area (Å²) in [5.41, 5.74) is 0.613. The van der Waals surface area contributed by atoms with Crippen LogP contribution in [0.25, 0.3) is 0 Å². The van der Waals surface area contributed by atoms with Crippen molar-refractivity contribution in [3.8, 4) is 0 Å². The van der Waals surface area contributed by atoms with Crippen LogP contribution in [0.15, 0.2) is 16.4 Å². The van der Waals surface area contributed by atoms with E-state index in [2.05, 4.69) is 11.7 Å². The average molecular weight is 155 g/mol. The summed E-state index contributed by atoms with van der Waals surface area (Å²) in [6.45, 7) is 7.53. The van der Waals surface area contributed by atoms with Crippen molar-refractivity contribution in [2.45, 2.75) is 20.3 Å². The number of allylic oxidation sites excluding steroid dienone is 2. The number of hydrogen-bond acceptors (Lipinski definition) is 3. The SMILES string of the molecule is C=N/C(CC)=C(/C=O)OCC. The first kappa shape index (κ1) is 9.88. The van der Waals surface area contributed by atoms with E-state index in [1.54, 1.807) is 0 Å². The zero-order chi connectivity index (χ0) is 8.69. The molecule has 0 aliphatic rings. The summed E-state index contributed by atoms with van der Waals surface area (Å²) < 4.78 is 5.01. The fourth-order valence-corrected chi connectivity index (χ4v) is 0.705. The van der Waals surface area contributed by atoms with Crippen LogP contribution in [0, 0.1) is 0 Å². The van der Waals surface area contributed by atoms with Gasteiger partial charge in [-0.3, -0.25) is 9.79 Å². The lowest BCUT2D eigenvalue weighted by molar-refractivity contribution is -0.107. The van der Waals surface area contributed by atoms with Gasteiger partial charge in [0.2, 0.25) is 0 Å². The monoisotopic (exact) mass is 155 g/mol. The summed E-state index contributed by atoms with van der Waals surface area (Å²) in [5, 5.41) is 0. The number of rotatable bonds is 5. The fraction of sp³-hybridized carbons (Fsp3) is 0.500. The molecule has 0 aliphatic carbocycles. The molecule has 0 saturated heterocycles. The van der Waals surface area contributed by atoms with Crippen molar-refractivity contribution in [2.75, 3.05) is 6.61 Å². The molecule has 0 aromatic carbocycles. The number of hydrogen-bond donors (Lipinski definition) is 0. The Morgan fingerprint density at radius 2 is 2.27 bits per heavy atom. The highest BCUT2D eigenvalue weighted by molar-refractivity contribution is 5.71. The van der Waals surface area contributed by atoms with E-state index in [1.807, 2.05) is 13.8 Å². The van der Waals surface area contributed by atoms with Crippen molar-refractivity contribution in [2.24, 2.45) is 4.99 Å². The number of nitrogens with zero attached hydrogens (tertiary/aromatic N) is 1. The second-order valence-electron chi connectivity index (χ2n) is 1.87. The molecule has 0 aliphatic heterocycles. The molecule has 62 valence electrons. The molecule has 0 atom stereocenters. The van der Waals surface area contributed by atoms with Gasteiger partial charge in [-0.2, -0.15) is 0 Å². The second-order valence-corrected chi connectivity index (χ2v) is 1.87. The van der Waals surface area contributed by atoms with Gasteiger partial charge >= 0.3 is 0 Å². The predicted octanol–water partition coefficient (Wildman–Crippen LogP) is 1.54. The molecule has 0 N–H and O–H groups in total. The van der Waals surface area contributed by atoms with E-state index < -0.39 is 0 Å². The lowest BCUT2D eigenvalue weighted by Crippen LogP contribution is -1.96. The van der Waals surface area contributed by atoms with Gasteiger partial charge in [0.1, 0.15) is 0 Å². The van der Waals surface area contributed by atoms with Crippen LogP contribution in [0.5, 0.6) is 0 Å². The summed E-state index contributed by atoms with van der Waals surface area (Å²) in [6.07, 6.45) is 1.33. The quantitative estimate of drug-likeness (QED) is 0.261. The molecule has 0 aromatic rings. The number of carbonyl (C=O) groups is 1. The van der Waals surface area contributed by atoms with Crippen molar-refractivity contribution in [1.29, 1.82) is 0 Å². The Hall–Kier alpha value is -1.12. The van der Waals surface area contributed by atoms with E-state index in [0.29, 0.717) is 30.8 Å². The van der Waals surface area contributed by atoms with Gasteiger partial charge in [0.05, 0.1) is 12.3 Å². The summed E-state index contributed by atoms with van der Waals surface area (Å²) in [7, 11) is 0. The van der Waals surface area contributed by atoms with Crippen LogP contribution in [-0.4, -0.2) is 19.6 Å². The largest absolute Gasteiger partial charge is 0.489 e. The highest BCUT2D eigenvalue weighted by Crippen LogP contribution is 2.08. The Kier molecular flexibility index (Phi) is 5.07. The number of ether oxygens (including phenoxy) is 1. The van der Waals surface area contributed by atoms with Gasteiger partial charge < -0.3 is 4.74 Å². The molecule has 0 fully saturated rings. The van der Waals surface area contributed by atoms with E-state index in [9.17, 15) is 4.79 Å². The molecule has 11 heavy (non-hydrogen) atoms. The molecule has 0 rings (SSSR count). The van der Waals surface area contributed by atoms with Crippen LogP contribution in [0.1, 0.15) is 20.3 Å². The predicted molar refractivity (Wildman–Crippen MR) is 44.6 cm³/mol. The number of aliphatic imine (C=N–C) groups is 1. The van der Waals surface area contributed by atoms with Crippen molar-refractivity contribution >= 4 is 13.0 Å². The van der Waals surface area contributed by atoms with E-state index in [4.69, 9.17) is 4.74 Å². The normalized spacial score (nSPS) is 11.8. The number of carbonyl (C=O) groups excluding carboxylic acids is 1. The number of aldehydes is 1. The van der Waals surface area contributed by atoms with Gasteiger partial charge in [-0.05, 0) is 20.1 Å². The Morgan fingerprint density at radius 1 is 1.64 bits per heavy atom. The minimum absolute atomic E-state index is 0.296. The minimum Gasteiger partial charge on any atom is -0.489 e. The molecule has 0 amide bonds. The smallest absolute Gasteiger partial charge is 0.186 e. The average Bonchev–Trinajstić information content (AvgIpc) is 2.05. The van der Waals surface area contributed by atoms with Crippen LogP contribution < -0.4 is 0 Å². The van der Waals surface area contributed by atoms with Crippen molar-refractivity contribution in [1.82, 2.24) is 0 Å². The Morgan fingerprint density at radius 3 is 2.55 bits per heavy atom. The molecule has 0 unspecified atom stereocenters. The highest BCUT2D eigenvalue weighted by atomic mass is 16.5. The first-order valence-electron chi connectivity index (χ1n) is 3.57. The van der Waals surface area contributed by atoms with Gasteiger partial charge in [-0.25, -0.2) is 0 Å². The fourth-order valence-electron chi connectivity index (χ4n) is 0.705. The van der Waals surface area contributed by atoms with Crippen molar-refractivity contribution in [3.63, 3.8) is 0 Å². The molecule has 3 nitrogen and oxygen atoms in total. The molecule has 0 bridgehead atoms. The summed E-state index contributed by atoms with van der Waals surface area (Å²) >= 11 is 0. The summed E-state index contributed by atoms with van der Waals surface area (Å²) in [6, 6.07) is 0. The second kappa shape index (κ2) is 5.65. The Bertz CT molecular complexity index is 173. The summed E-state index contributed by atoms with van der Waals surface area (Å²) in [5.74, 6) is 0.296. The van der Waals surface area contributed by atoms with Crippen LogP contribution in [0.2, 0.25) is 0 Å². The van der Waals surface area contributed by atoms with E-state index in [0.717, 1.165) is 0 Å². The third kappa shape index (κ3) is 2.98. The third-order valence-corrected chi connectivity index (χ3v) is 1.22. The van der Waals surface area contributed by atoms with Crippen molar-refractivity contribution in [3.05, 3.63) is 11.5 Å². The van der Waals surface area contributed by atoms with Crippen molar-refractivity contribution < 1.29 is 9.53 Å². The zero-order valence-corrected chi connectivity index (χ0v) is 6.96. The zero-order valence-electron chi connectivity index (χ0n) is 6.96. The van der Waals surface area contributed by atoms with E-state index in [1.165, 1.54) is 0 Å². The Labute approximate surface area is 66.8 Å². The van der Waals surface area contributed by atoms with Crippen LogP contribution >= 0.6 is 0 Å². The first-order chi connectivity index (χ1) is 5.29. The maximum absolute atomic E-state index is 10.4.